The lowest BCUT2D eigenvalue weighted by Crippen LogP contribution is -1.81. The van der Waals surface area contributed by atoms with Crippen molar-refractivity contribution in [2.75, 3.05) is 5.33 Å². The molecule has 0 aliphatic heterocycles. The fourth-order valence-corrected chi connectivity index (χ4v) is 1.49. The summed E-state index contributed by atoms with van der Waals surface area (Å²) in [5, 5.41) is 0.933. The van der Waals surface area contributed by atoms with Gasteiger partial charge < -0.3 is 0 Å². The van der Waals surface area contributed by atoms with Crippen LogP contribution in [0.1, 0.15) is 18.1 Å². The fraction of sp³-hybridized carbons (Fsp3) is 0.273. The number of rotatable bonds is 2. The highest BCUT2D eigenvalue weighted by molar-refractivity contribution is 9.10. The highest BCUT2D eigenvalue weighted by atomic mass is 79.9. The second-order valence-corrected chi connectivity index (χ2v) is 4.55. The molecule has 0 saturated carbocycles. The highest BCUT2D eigenvalue weighted by Gasteiger charge is 1.95. The number of hydrogen-bond donors (Lipinski definition) is 0. The van der Waals surface area contributed by atoms with Gasteiger partial charge in [0.25, 0.3) is 0 Å². The largest absolute Gasteiger partial charge is 0.0880 e. The molecule has 0 bridgehead atoms. The summed E-state index contributed by atoms with van der Waals surface area (Å²) in [6.45, 7) is 4.22. The van der Waals surface area contributed by atoms with Gasteiger partial charge >= 0.3 is 0 Å². The first kappa shape index (κ1) is 11.0. The van der Waals surface area contributed by atoms with E-state index in [0.29, 0.717) is 0 Å². The van der Waals surface area contributed by atoms with Gasteiger partial charge in [0.15, 0.2) is 0 Å². The molecule has 0 heterocycles. The van der Waals surface area contributed by atoms with Crippen LogP contribution in [0.4, 0.5) is 0 Å². The lowest BCUT2D eigenvalue weighted by molar-refractivity contribution is 1.40. The molecular weight excluding hydrogens is 292 g/mol. The molecule has 0 aromatic heterocycles. The second kappa shape index (κ2) is 4.97. The van der Waals surface area contributed by atoms with Crippen LogP contribution in [-0.2, 0) is 0 Å². The van der Waals surface area contributed by atoms with Gasteiger partial charge in [-0.15, -0.1) is 0 Å². The summed E-state index contributed by atoms with van der Waals surface area (Å²) in [6.07, 6.45) is 2.19. The van der Waals surface area contributed by atoms with E-state index in [1.54, 1.807) is 0 Å². The lowest BCUT2D eigenvalue weighted by Gasteiger charge is -2.00. The summed E-state index contributed by atoms with van der Waals surface area (Å²) in [6, 6.07) is 6.38. The first-order valence-electron chi connectivity index (χ1n) is 4.13. The standard InChI is InChI=1S/C11H12Br2/c1-8(7-12)5-10-3-4-11(13)9(2)6-10/h3-6H,7H2,1-2H3. The van der Waals surface area contributed by atoms with E-state index < -0.39 is 0 Å². The van der Waals surface area contributed by atoms with Crippen molar-refractivity contribution < 1.29 is 0 Å². The third-order valence-corrected chi connectivity index (χ3v) is 3.58. The van der Waals surface area contributed by atoms with Gasteiger partial charge in [-0.25, -0.2) is 0 Å². The Hall–Kier alpha value is -0.0800. The van der Waals surface area contributed by atoms with Gasteiger partial charge in [-0.05, 0) is 31.0 Å². The Bertz CT molecular complexity index is 327. The maximum Gasteiger partial charge on any atom is 0.0242 e. The summed E-state index contributed by atoms with van der Waals surface area (Å²) < 4.78 is 1.17. The molecular formula is C11H12Br2. The second-order valence-electron chi connectivity index (χ2n) is 3.13. The van der Waals surface area contributed by atoms with Crippen LogP contribution >= 0.6 is 31.9 Å². The summed E-state index contributed by atoms with van der Waals surface area (Å²) >= 11 is 6.91. The van der Waals surface area contributed by atoms with Crippen LogP contribution in [0, 0.1) is 6.92 Å². The van der Waals surface area contributed by atoms with Crippen molar-refractivity contribution in [1.82, 2.24) is 0 Å². The molecule has 0 atom stereocenters. The van der Waals surface area contributed by atoms with Crippen molar-refractivity contribution in [3.8, 4) is 0 Å². The van der Waals surface area contributed by atoms with Crippen LogP contribution in [0.25, 0.3) is 6.08 Å². The number of allylic oxidation sites excluding steroid dienone is 1. The van der Waals surface area contributed by atoms with E-state index in [0.717, 1.165) is 5.33 Å². The van der Waals surface area contributed by atoms with Crippen molar-refractivity contribution in [2.24, 2.45) is 0 Å². The Labute approximate surface area is 96.3 Å². The van der Waals surface area contributed by atoms with E-state index >= 15 is 0 Å². The molecule has 13 heavy (non-hydrogen) atoms. The van der Waals surface area contributed by atoms with Crippen LogP contribution in [-0.4, -0.2) is 5.33 Å². The van der Waals surface area contributed by atoms with Gasteiger partial charge in [-0.2, -0.15) is 0 Å². The van der Waals surface area contributed by atoms with Crippen LogP contribution in [0.2, 0.25) is 0 Å². The molecule has 2 heteroatoms. The lowest BCUT2D eigenvalue weighted by atomic mass is 10.1. The van der Waals surface area contributed by atoms with E-state index in [1.165, 1.54) is 21.2 Å². The number of halogens is 2. The minimum Gasteiger partial charge on any atom is -0.0880 e. The Morgan fingerprint density at radius 1 is 1.46 bits per heavy atom. The quantitative estimate of drug-likeness (QED) is 0.703. The molecule has 0 unspecified atom stereocenters. The van der Waals surface area contributed by atoms with E-state index in [2.05, 4.69) is 70.0 Å². The Morgan fingerprint density at radius 3 is 2.69 bits per heavy atom. The topological polar surface area (TPSA) is 0 Å². The molecule has 0 aliphatic rings. The normalized spacial score (nSPS) is 11.8. The van der Waals surface area contributed by atoms with Crippen LogP contribution in [0.3, 0.4) is 0 Å². The third kappa shape index (κ3) is 3.28. The maximum atomic E-state index is 3.48. The average molecular weight is 304 g/mol. The monoisotopic (exact) mass is 302 g/mol. The minimum absolute atomic E-state index is 0.933. The first-order chi connectivity index (χ1) is 6.13. The molecule has 1 aromatic rings. The zero-order valence-corrected chi connectivity index (χ0v) is 10.9. The molecule has 1 rings (SSSR count). The van der Waals surface area contributed by atoms with Crippen molar-refractivity contribution in [3.63, 3.8) is 0 Å². The Balaban J connectivity index is 2.98. The predicted octanol–water partition coefficient (Wildman–Crippen LogP) is 4.56. The van der Waals surface area contributed by atoms with Crippen LogP contribution < -0.4 is 0 Å². The number of alkyl halides is 1. The summed E-state index contributed by atoms with van der Waals surface area (Å²) in [7, 11) is 0. The third-order valence-electron chi connectivity index (χ3n) is 1.81. The molecule has 0 fully saturated rings. The fourth-order valence-electron chi connectivity index (χ4n) is 1.08. The molecule has 0 N–H and O–H groups in total. The maximum absolute atomic E-state index is 3.48. The van der Waals surface area contributed by atoms with Crippen molar-refractivity contribution in [3.05, 3.63) is 39.4 Å². The van der Waals surface area contributed by atoms with E-state index in [9.17, 15) is 0 Å². The first-order valence-corrected chi connectivity index (χ1v) is 6.04. The summed E-state index contributed by atoms with van der Waals surface area (Å²) in [5.41, 5.74) is 3.87. The van der Waals surface area contributed by atoms with Gasteiger partial charge in [0, 0.05) is 9.80 Å². The van der Waals surface area contributed by atoms with E-state index in [1.807, 2.05) is 0 Å². The smallest absolute Gasteiger partial charge is 0.0242 e. The number of benzene rings is 1. The van der Waals surface area contributed by atoms with Gasteiger partial charge in [-0.3, -0.25) is 0 Å². The molecule has 70 valence electrons. The Kier molecular flexibility index (Phi) is 4.20. The molecule has 0 radical (unpaired) electrons. The molecule has 0 amide bonds. The molecule has 0 nitrogen and oxygen atoms in total. The van der Waals surface area contributed by atoms with E-state index in [4.69, 9.17) is 0 Å². The highest BCUT2D eigenvalue weighted by Crippen LogP contribution is 2.18. The summed E-state index contributed by atoms with van der Waals surface area (Å²) in [5.74, 6) is 0. The van der Waals surface area contributed by atoms with Crippen LogP contribution in [0.15, 0.2) is 28.2 Å². The molecule has 0 spiro atoms. The average Bonchev–Trinajstić information content (AvgIpc) is 2.11. The Morgan fingerprint density at radius 2 is 2.15 bits per heavy atom. The van der Waals surface area contributed by atoms with Crippen molar-refractivity contribution in [2.45, 2.75) is 13.8 Å². The number of aryl methyl sites for hydroxylation is 1. The van der Waals surface area contributed by atoms with Gasteiger partial charge in [0.2, 0.25) is 0 Å². The summed E-state index contributed by atoms with van der Waals surface area (Å²) in [4.78, 5) is 0. The molecule has 0 aliphatic carbocycles. The zero-order chi connectivity index (χ0) is 9.84. The van der Waals surface area contributed by atoms with Crippen molar-refractivity contribution >= 4 is 37.9 Å². The number of hydrogen-bond acceptors (Lipinski definition) is 0. The van der Waals surface area contributed by atoms with E-state index in [-0.39, 0.29) is 0 Å². The molecule has 1 aromatic carbocycles. The predicted molar refractivity (Wildman–Crippen MR) is 66.3 cm³/mol. The van der Waals surface area contributed by atoms with Crippen molar-refractivity contribution in [1.29, 1.82) is 0 Å². The molecule has 0 saturated heterocycles. The zero-order valence-electron chi connectivity index (χ0n) is 7.77. The van der Waals surface area contributed by atoms with Gasteiger partial charge in [-0.1, -0.05) is 55.6 Å². The minimum atomic E-state index is 0.933. The van der Waals surface area contributed by atoms with Crippen LogP contribution in [0.5, 0.6) is 0 Å². The SMILES string of the molecule is CC(=Cc1ccc(Br)c(C)c1)CBr. The van der Waals surface area contributed by atoms with Gasteiger partial charge in [0.1, 0.15) is 0 Å². The van der Waals surface area contributed by atoms with Gasteiger partial charge in [0.05, 0.1) is 0 Å².